The Morgan fingerprint density at radius 2 is 2.00 bits per heavy atom. The first-order chi connectivity index (χ1) is 7.15. The molecule has 0 N–H and O–H groups in total. The number of esters is 1. The molecule has 4 heteroatoms. The zero-order valence-electron chi connectivity index (χ0n) is 8.77. The average Bonchev–Trinajstić information content (AvgIpc) is 2.26. The predicted octanol–water partition coefficient (Wildman–Crippen LogP) is 1.00. The summed E-state index contributed by atoms with van der Waals surface area (Å²) >= 11 is 0. The van der Waals surface area contributed by atoms with Gasteiger partial charge in [0.15, 0.2) is 0 Å². The minimum absolute atomic E-state index is 0.182. The van der Waals surface area contributed by atoms with Gasteiger partial charge >= 0.3 is 5.97 Å². The smallest absolute Gasteiger partial charge is 0.316 e. The third kappa shape index (κ3) is 3.16. The van der Waals surface area contributed by atoms with Crippen LogP contribution in [0, 0.1) is 5.92 Å². The molecule has 80 valence electrons. The number of hydrogen-bond donors (Lipinski definition) is 0. The minimum atomic E-state index is -0.711. The topological polar surface area (TPSA) is 56.3 Å². The number of aromatic nitrogens is 1. The van der Waals surface area contributed by atoms with E-state index in [1.807, 2.05) is 0 Å². The maximum absolute atomic E-state index is 11.3. The van der Waals surface area contributed by atoms with Gasteiger partial charge in [0, 0.05) is 12.4 Å². The van der Waals surface area contributed by atoms with E-state index in [1.165, 1.54) is 14.0 Å². The highest BCUT2D eigenvalue weighted by atomic mass is 16.5. The van der Waals surface area contributed by atoms with E-state index in [2.05, 4.69) is 9.72 Å². The summed E-state index contributed by atoms with van der Waals surface area (Å²) in [6, 6.07) is 3.55. The number of methoxy groups -OCH3 is 1. The fraction of sp³-hybridized carbons (Fsp3) is 0.364. The van der Waals surface area contributed by atoms with Crippen LogP contribution in [0.2, 0.25) is 0 Å². The third-order valence-electron chi connectivity index (χ3n) is 2.17. The van der Waals surface area contributed by atoms with Crippen molar-refractivity contribution in [1.29, 1.82) is 0 Å². The van der Waals surface area contributed by atoms with Crippen molar-refractivity contribution in [3.63, 3.8) is 0 Å². The first-order valence-corrected chi connectivity index (χ1v) is 4.62. The Labute approximate surface area is 88.3 Å². The summed E-state index contributed by atoms with van der Waals surface area (Å²) in [4.78, 5) is 26.4. The monoisotopic (exact) mass is 207 g/mol. The maximum atomic E-state index is 11.3. The van der Waals surface area contributed by atoms with Crippen molar-refractivity contribution in [2.45, 2.75) is 13.3 Å². The molecular weight excluding hydrogens is 194 g/mol. The Morgan fingerprint density at radius 1 is 1.40 bits per heavy atom. The van der Waals surface area contributed by atoms with E-state index in [9.17, 15) is 9.59 Å². The number of carbonyl (C=O) groups excluding carboxylic acids is 2. The highest BCUT2D eigenvalue weighted by molar-refractivity contribution is 5.97. The van der Waals surface area contributed by atoms with Crippen LogP contribution in [0.4, 0.5) is 0 Å². The number of pyridine rings is 1. The lowest BCUT2D eigenvalue weighted by Crippen LogP contribution is -2.25. The molecule has 0 bridgehead atoms. The number of rotatable bonds is 4. The van der Waals surface area contributed by atoms with Gasteiger partial charge in [0.1, 0.15) is 11.7 Å². The lowest BCUT2D eigenvalue weighted by molar-refractivity contribution is -0.148. The molecular formula is C11H13NO3. The summed E-state index contributed by atoms with van der Waals surface area (Å²) in [6.07, 6.45) is 3.62. The lowest BCUT2D eigenvalue weighted by Gasteiger charge is -2.10. The van der Waals surface area contributed by atoms with Crippen LogP contribution in [-0.2, 0) is 20.7 Å². The van der Waals surface area contributed by atoms with Gasteiger partial charge < -0.3 is 4.74 Å². The molecule has 0 aliphatic rings. The van der Waals surface area contributed by atoms with Gasteiger partial charge in [0.25, 0.3) is 0 Å². The molecule has 0 saturated carbocycles. The van der Waals surface area contributed by atoms with Crippen LogP contribution >= 0.6 is 0 Å². The van der Waals surface area contributed by atoms with E-state index in [0.29, 0.717) is 6.42 Å². The van der Waals surface area contributed by atoms with E-state index in [4.69, 9.17) is 0 Å². The SMILES string of the molecule is COC(=O)C(Cc1ccncc1)C(C)=O. The van der Waals surface area contributed by atoms with Crippen molar-refractivity contribution < 1.29 is 14.3 Å². The van der Waals surface area contributed by atoms with E-state index in [1.54, 1.807) is 24.5 Å². The Balaban J connectivity index is 2.76. The number of ether oxygens (including phenoxy) is 1. The van der Waals surface area contributed by atoms with Gasteiger partial charge in [-0.2, -0.15) is 0 Å². The fourth-order valence-electron chi connectivity index (χ4n) is 1.29. The van der Waals surface area contributed by atoms with Gasteiger partial charge in [-0.3, -0.25) is 14.6 Å². The van der Waals surface area contributed by atoms with E-state index in [0.717, 1.165) is 5.56 Å². The van der Waals surface area contributed by atoms with Crippen LogP contribution < -0.4 is 0 Å². The first kappa shape index (κ1) is 11.4. The molecule has 1 rings (SSSR count). The molecule has 0 fully saturated rings. The molecule has 1 aromatic heterocycles. The summed E-state index contributed by atoms with van der Waals surface area (Å²) in [5.74, 6) is -1.38. The van der Waals surface area contributed by atoms with Crippen molar-refractivity contribution in [3.05, 3.63) is 30.1 Å². The molecule has 15 heavy (non-hydrogen) atoms. The number of ketones is 1. The normalized spacial score (nSPS) is 11.9. The molecule has 1 atom stereocenters. The summed E-state index contributed by atoms with van der Waals surface area (Å²) in [7, 11) is 1.28. The highest BCUT2D eigenvalue weighted by Crippen LogP contribution is 2.10. The van der Waals surface area contributed by atoms with Crippen LogP contribution in [-0.4, -0.2) is 23.8 Å². The van der Waals surface area contributed by atoms with Gasteiger partial charge in [-0.25, -0.2) is 0 Å². The van der Waals surface area contributed by atoms with Crippen molar-refractivity contribution in [2.75, 3.05) is 7.11 Å². The average molecular weight is 207 g/mol. The zero-order chi connectivity index (χ0) is 11.3. The second kappa shape index (κ2) is 5.24. The molecule has 4 nitrogen and oxygen atoms in total. The van der Waals surface area contributed by atoms with Crippen LogP contribution in [0.25, 0.3) is 0 Å². The fourth-order valence-corrected chi connectivity index (χ4v) is 1.29. The number of nitrogens with zero attached hydrogens (tertiary/aromatic N) is 1. The molecule has 0 spiro atoms. The van der Waals surface area contributed by atoms with Crippen molar-refractivity contribution in [3.8, 4) is 0 Å². The Kier molecular flexibility index (Phi) is 3.97. The molecule has 0 aromatic carbocycles. The second-order valence-corrected chi connectivity index (χ2v) is 3.25. The summed E-state index contributed by atoms with van der Waals surface area (Å²) < 4.78 is 4.57. The maximum Gasteiger partial charge on any atom is 0.316 e. The van der Waals surface area contributed by atoms with Gasteiger partial charge in [-0.15, -0.1) is 0 Å². The highest BCUT2D eigenvalue weighted by Gasteiger charge is 2.24. The standard InChI is InChI=1S/C11H13NO3/c1-8(13)10(11(14)15-2)7-9-3-5-12-6-4-9/h3-6,10H,7H2,1-2H3. The number of carbonyl (C=O) groups is 2. The summed E-state index contributed by atoms with van der Waals surface area (Å²) in [5.41, 5.74) is 0.899. The van der Waals surface area contributed by atoms with Crippen LogP contribution in [0.1, 0.15) is 12.5 Å². The quantitative estimate of drug-likeness (QED) is 0.546. The largest absolute Gasteiger partial charge is 0.468 e. The molecule has 1 heterocycles. The van der Waals surface area contributed by atoms with Gasteiger partial charge in [-0.1, -0.05) is 0 Å². The number of hydrogen-bond acceptors (Lipinski definition) is 4. The molecule has 0 amide bonds. The Hall–Kier alpha value is -1.71. The summed E-state index contributed by atoms with van der Waals surface area (Å²) in [5, 5.41) is 0. The van der Waals surface area contributed by atoms with Gasteiger partial charge in [-0.05, 0) is 31.0 Å². The van der Waals surface area contributed by atoms with Crippen LogP contribution in [0.15, 0.2) is 24.5 Å². The van der Waals surface area contributed by atoms with Crippen LogP contribution in [0.5, 0.6) is 0 Å². The Bertz CT molecular complexity index is 348. The van der Waals surface area contributed by atoms with E-state index >= 15 is 0 Å². The van der Waals surface area contributed by atoms with Crippen molar-refractivity contribution >= 4 is 11.8 Å². The molecule has 0 aliphatic heterocycles. The molecule has 0 aliphatic carbocycles. The van der Waals surface area contributed by atoms with Gasteiger partial charge in [0.2, 0.25) is 0 Å². The Morgan fingerprint density at radius 3 is 2.47 bits per heavy atom. The van der Waals surface area contributed by atoms with Gasteiger partial charge in [0.05, 0.1) is 7.11 Å². The minimum Gasteiger partial charge on any atom is -0.468 e. The molecule has 1 unspecified atom stereocenters. The molecule has 1 aromatic rings. The number of Topliss-reactive ketones (excluding diaryl/α,β-unsaturated/α-hetero) is 1. The van der Waals surface area contributed by atoms with Crippen molar-refractivity contribution in [2.24, 2.45) is 5.92 Å². The van der Waals surface area contributed by atoms with E-state index < -0.39 is 11.9 Å². The third-order valence-corrected chi connectivity index (χ3v) is 2.17. The summed E-state index contributed by atoms with van der Waals surface area (Å²) in [6.45, 7) is 1.39. The van der Waals surface area contributed by atoms with E-state index in [-0.39, 0.29) is 5.78 Å². The van der Waals surface area contributed by atoms with Crippen LogP contribution in [0.3, 0.4) is 0 Å². The zero-order valence-corrected chi connectivity index (χ0v) is 8.77. The lowest BCUT2D eigenvalue weighted by atomic mass is 9.97. The molecule has 0 radical (unpaired) electrons. The first-order valence-electron chi connectivity index (χ1n) is 4.62. The second-order valence-electron chi connectivity index (χ2n) is 3.25. The predicted molar refractivity (Wildman–Crippen MR) is 54.1 cm³/mol. The van der Waals surface area contributed by atoms with Crippen molar-refractivity contribution in [1.82, 2.24) is 4.98 Å². The molecule has 0 saturated heterocycles.